The van der Waals surface area contributed by atoms with Crippen molar-refractivity contribution in [2.75, 3.05) is 6.54 Å². The lowest BCUT2D eigenvalue weighted by Gasteiger charge is -2.06. The van der Waals surface area contributed by atoms with E-state index < -0.39 is 5.92 Å². The van der Waals surface area contributed by atoms with Crippen molar-refractivity contribution in [2.45, 2.75) is 25.3 Å². The third-order valence-corrected chi connectivity index (χ3v) is 5.06. The fraction of sp³-hybridized carbons (Fsp3) is 0.250. The van der Waals surface area contributed by atoms with Crippen LogP contribution in [0.25, 0.3) is 10.2 Å². The van der Waals surface area contributed by atoms with Gasteiger partial charge in [0.15, 0.2) is 11.7 Å². The molecule has 3 aromatic rings. The van der Waals surface area contributed by atoms with Gasteiger partial charge in [0, 0.05) is 13.0 Å². The molecule has 5 heteroatoms. The van der Waals surface area contributed by atoms with Gasteiger partial charge in [-0.1, -0.05) is 42.5 Å². The number of benzene rings is 2. The summed E-state index contributed by atoms with van der Waals surface area (Å²) in [4.78, 5) is 16.8. The molecule has 1 aromatic heterocycles. The predicted molar refractivity (Wildman–Crippen MR) is 100 cm³/mol. The van der Waals surface area contributed by atoms with Crippen molar-refractivity contribution >= 4 is 27.3 Å². The van der Waals surface area contributed by atoms with Crippen LogP contribution in [-0.4, -0.2) is 17.3 Å². The Morgan fingerprint density at radius 1 is 1.16 bits per heavy atom. The van der Waals surface area contributed by atoms with Gasteiger partial charge in [-0.2, -0.15) is 5.26 Å². The zero-order valence-electron chi connectivity index (χ0n) is 13.8. The van der Waals surface area contributed by atoms with E-state index in [-0.39, 0.29) is 5.78 Å². The molecule has 0 amide bonds. The number of nitriles is 1. The van der Waals surface area contributed by atoms with Crippen molar-refractivity contribution in [3.63, 3.8) is 0 Å². The second kappa shape index (κ2) is 8.52. The highest BCUT2D eigenvalue weighted by atomic mass is 32.1. The molecule has 0 aliphatic rings. The first-order valence-corrected chi connectivity index (χ1v) is 9.12. The zero-order chi connectivity index (χ0) is 17.5. The molecule has 0 saturated heterocycles. The van der Waals surface area contributed by atoms with Crippen molar-refractivity contribution in [1.29, 1.82) is 5.26 Å². The topological polar surface area (TPSA) is 65.8 Å². The number of nitrogens with one attached hydrogen (secondary N) is 1. The molecule has 0 radical (unpaired) electrons. The lowest BCUT2D eigenvalue weighted by molar-refractivity contribution is -0.119. The van der Waals surface area contributed by atoms with Crippen molar-refractivity contribution in [3.05, 3.63) is 65.2 Å². The van der Waals surface area contributed by atoms with Gasteiger partial charge in [-0.15, -0.1) is 11.3 Å². The van der Waals surface area contributed by atoms with Crippen molar-refractivity contribution in [2.24, 2.45) is 0 Å². The van der Waals surface area contributed by atoms with Gasteiger partial charge < -0.3 is 5.32 Å². The van der Waals surface area contributed by atoms with Crippen LogP contribution in [0.1, 0.15) is 29.3 Å². The highest BCUT2D eigenvalue weighted by molar-refractivity contribution is 7.18. The minimum Gasteiger partial charge on any atom is -0.313 e. The number of aromatic nitrogens is 1. The number of thiazole rings is 1. The highest BCUT2D eigenvalue weighted by Gasteiger charge is 2.23. The minimum atomic E-state index is -0.758. The Morgan fingerprint density at radius 2 is 1.92 bits per heavy atom. The molecule has 2 aromatic carbocycles. The number of hydrogen-bond acceptors (Lipinski definition) is 5. The Bertz CT molecular complexity index is 850. The van der Waals surface area contributed by atoms with Crippen molar-refractivity contribution < 1.29 is 4.79 Å². The largest absolute Gasteiger partial charge is 0.313 e. The molecule has 0 bridgehead atoms. The summed E-state index contributed by atoms with van der Waals surface area (Å²) in [5.41, 5.74) is 2.07. The quantitative estimate of drug-likeness (QED) is 0.623. The number of nitrogens with zero attached hydrogens (tertiary/aromatic N) is 2. The Morgan fingerprint density at radius 3 is 2.68 bits per heavy atom. The third kappa shape index (κ3) is 4.50. The van der Waals surface area contributed by atoms with E-state index in [1.54, 1.807) is 0 Å². The smallest absolute Gasteiger partial charge is 0.157 e. The zero-order valence-corrected chi connectivity index (χ0v) is 14.6. The van der Waals surface area contributed by atoms with Crippen molar-refractivity contribution in [1.82, 2.24) is 10.3 Å². The van der Waals surface area contributed by atoms with Crippen LogP contribution in [0.4, 0.5) is 0 Å². The molecule has 0 unspecified atom stereocenters. The van der Waals surface area contributed by atoms with E-state index in [9.17, 15) is 10.1 Å². The number of para-hydroxylation sites is 1. The first-order chi connectivity index (χ1) is 12.3. The number of Topliss-reactive ketones (excluding diaryl/α,β-unsaturated/α-hetero) is 1. The van der Waals surface area contributed by atoms with Gasteiger partial charge in [-0.05, 0) is 30.7 Å². The van der Waals surface area contributed by atoms with Crippen LogP contribution in [0, 0.1) is 11.3 Å². The number of fused-ring (bicyclic) bond motifs is 1. The average molecular weight is 349 g/mol. The standard InChI is InChI=1S/C20H19N3OS/c21-13-16(20-23-17-9-4-5-11-19(17)25-20)18(24)10-6-12-22-14-15-7-2-1-3-8-15/h1-5,7-9,11,16,22H,6,10,12,14H2/t16-/m0/s1. The maximum absolute atomic E-state index is 12.4. The monoisotopic (exact) mass is 349 g/mol. The molecule has 126 valence electrons. The number of hydrogen-bond donors (Lipinski definition) is 1. The maximum Gasteiger partial charge on any atom is 0.157 e. The highest BCUT2D eigenvalue weighted by Crippen LogP contribution is 2.28. The summed E-state index contributed by atoms with van der Waals surface area (Å²) in [5.74, 6) is -0.811. The van der Waals surface area contributed by atoms with Crippen LogP contribution in [-0.2, 0) is 11.3 Å². The average Bonchev–Trinajstić information content (AvgIpc) is 3.06. The molecule has 0 aliphatic heterocycles. The maximum atomic E-state index is 12.4. The van der Waals surface area contributed by atoms with E-state index in [0.29, 0.717) is 11.4 Å². The van der Waals surface area contributed by atoms with Crippen LogP contribution >= 0.6 is 11.3 Å². The third-order valence-electron chi connectivity index (χ3n) is 3.96. The summed E-state index contributed by atoms with van der Waals surface area (Å²) in [6.45, 7) is 1.53. The summed E-state index contributed by atoms with van der Waals surface area (Å²) in [6.07, 6.45) is 1.10. The molecule has 1 atom stereocenters. The van der Waals surface area contributed by atoms with Gasteiger partial charge in [0.25, 0.3) is 0 Å². The van der Waals surface area contributed by atoms with Crippen molar-refractivity contribution in [3.8, 4) is 6.07 Å². The lowest BCUT2D eigenvalue weighted by Crippen LogP contribution is -2.17. The van der Waals surface area contributed by atoms with Crippen LogP contribution in [0.15, 0.2) is 54.6 Å². The predicted octanol–water partition coefficient (Wildman–Crippen LogP) is 4.04. The molecule has 0 spiro atoms. The molecule has 1 heterocycles. The van der Waals surface area contributed by atoms with E-state index >= 15 is 0 Å². The van der Waals surface area contributed by atoms with Gasteiger partial charge in [-0.3, -0.25) is 4.79 Å². The molecular weight excluding hydrogens is 330 g/mol. The first-order valence-electron chi connectivity index (χ1n) is 8.30. The fourth-order valence-electron chi connectivity index (χ4n) is 2.64. The number of carbonyl (C=O) groups is 1. The Balaban J connectivity index is 1.50. The summed E-state index contributed by atoms with van der Waals surface area (Å²) in [6, 6.07) is 20.0. The van der Waals surface area contributed by atoms with Gasteiger partial charge >= 0.3 is 0 Å². The van der Waals surface area contributed by atoms with Gasteiger partial charge in [-0.25, -0.2) is 4.98 Å². The summed E-state index contributed by atoms with van der Waals surface area (Å²) < 4.78 is 1.01. The van der Waals surface area contributed by atoms with Gasteiger partial charge in [0.2, 0.25) is 0 Å². The SMILES string of the molecule is N#C[C@@H](C(=O)CCCNCc1ccccc1)c1nc2ccccc2s1. The van der Waals surface area contributed by atoms with Gasteiger partial charge in [0.1, 0.15) is 5.01 Å². The molecule has 3 rings (SSSR count). The molecule has 25 heavy (non-hydrogen) atoms. The van der Waals surface area contributed by atoms with Crippen LogP contribution < -0.4 is 5.32 Å². The molecule has 0 fully saturated rings. The Labute approximate surface area is 151 Å². The van der Waals surface area contributed by atoms with E-state index in [4.69, 9.17) is 0 Å². The molecule has 4 nitrogen and oxygen atoms in total. The number of carbonyl (C=O) groups excluding carboxylic acids is 1. The minimum absolute atomic E-state index is 0.0527. The van der Waals surface area contributed by atoms with E-state index in [1.165, 1.54) is 16.9 Å². The Kier molecular flexibility index (Phi) is 5.89. The molecule has 0 aliphatic carbocycles. The second-order valence-electron chi connectivity index (χ2n) is 5.81. The summed E-state index contributed by atoms with van der Waals surface area (Å²) in [5, 5.41) is 13.3. The molecule has 0 saturated carbocycles. The fourth-order valence-corrected chi connectivity index (χ4v) is 3.68. The second-order valence-corrected chi connectivity index (χ2v) is 6.88. The first kappa shape index (κ1) is 17.3. The normalized spacial score (nSPS) is 12.0. The van der Waals surface area contributed by atoms with E-state index in [2.05, 4.69) is 28.5 Å². The summed E-state index contributed by atoms with van der Waals surface area (Å²) >= 11 is 1.43. The Hall–Kier alpha value is -2.55. The number of rotatable bonds is 8. The summed E-state index contributed by atoms with van der Waals surface area (Å²) in [7, 11) is 0. The van der Waals surface area contributed by atoms with E-state index in [0.717, 1.165) is 29.7 Å². The van der Waals surface area contributed by atoms with Crippen LogP contribution in [0.3, 0.4) is 0 Å². The lowest BCUT2D eigenvalue weighted by atomic mass is 10.0. The van der Waals surface area contributed by atoms with Crippen LogP contribution in [0.2, 0.25) is 0 Å². The van der Waals surface area contributed by atoms with Crippen LogP contribution in [0.5, 0.6) is 0 Å². The number of ketones is 1. The van der Waals surface area contributed by atoms with E-state index in [1.807, 2.05) is 42.5 Å². The molecular formula is C20H19N3OS. The molecule has 1 N–H and O–H groups in total. The van der Waals surface area contributed by atoms with Gasteiger partial charge in [0.05, 0.1) is 16.3 Å².